The summed E-state index contributed by atoms with van der Waals surface area (Å²) in [5, 5.41) is 2.70. The summed E-state index contributed by atoms with van der Waals surface area (Å²) in [6, 6.07) is 0. The molecule has 0 bridgehead atoms. The molecule has 1 aromatic heterocycles. The second-order valence-corrected chi connectivity index (χ2v) is 3.81. The first kappa shape index (κ1) is 13.3. The summed E-state index contributed by atoms with van der Waals surface area (Å²) < 4.78 is 5.25. The first-order valence-corrected chi connectivity index (χ1v) is 5.38. The Bertz CT molecular complexity index is 387. The van der Waals surface area contributed by atoms with Crippen LogP contribution in [-0.2, 0) is 4.74 Å². The highest BCUT2D eigenvalue weighted by Crippen LogP contribution is 1.93. The molecule has 17 heavy (non-hydrogen) atoms. The molecule has 0 fully saturated rings. The molecular formula is C12H17N3O2. The van der Waals surface area contributed by atoms with Crippen molar-refractivity contribution < 1.29 is 9.53 Å². The summed E-state index contributed by atoms with van der Waals surface area (Å²) in [7, 11) is 0. The molecule has 0 aromatic carbocycles. The van der Waals surface area contributed by atoms with E-state index in [4.69, 9.17) is 4.74 Å². The van der Waals surface area contributed by atoms with Gasteiger partial charge in [0.05, 0.1) is 25.1 Å². The quantitative estimate of drug-likeness (QED) is 0.592. The van der Waals surface area contributed by atoms with E-state index in [9.17, 15) is 4.79 Å². The Kier molecular flexibility index (Phi) is 5.29. The Labute approximate surface area is 101 Å². The standard InChI is InChI=1S/C12H17N3O2/c1-9(2)8-17-5-4-13-12(16)11-7-14-10(3)6-15-11/h6-7H,1,4-5,8H2,2-3H3,(H,13,16). The van der Waals surface area contributed by atoms with Crippen molar-refractivity contribution in [3.8, 4) is 0 Å². The zero-order valence-corrected chi connectivity index (χ0v) is 10.2. The molecule has 5 nitrogen and oxygen atoms in total. The van der Waals surface area contributed by atoms with E-state index < -0.39 is 0 Å². The van der Waals surface area contributed by atoms with Gasteiger partial charge in [0, 0.05) is 12.7 Å². The molecule has 0 aliphatic heterocycles. The van der Waals surface area contributed by atoms with Crippen molar-refractivity contribution in [3.63, 3.8) is 0 Å². The normalized spacial score (nSPS) is 10.0. The van der Waals surface area contributed by atoms with Crippen LogP contribution in [0.3, 0.4) is 0 Å². The second-order valence-electron chi connectivity index (χ2n) is 3.81. The van der Waals surface area contributed by atoms with E-state index in [-0.39, 0.29) is 5.91 Å². The highest BCUT2D eigenvalue weighted by molar-refractivity contribution is 5.91. The third-order valence-electron chi connectivity index (χ3n) is 1.89. The second kappa shape index (κ2) is 6.75. The smallest absolute Gasteiger partial charge is 0.271 e. The van der Waals surface area contributed by atoms with Crippen LogP contribution in [0.4, 0.5) is 0 Å². The molecule has 0 radical (unpaired) electrons. The lowest BCUT2D eigenvalue weighted by Gasteiger charge is -2.05. The molecule has 1 aromatic rings. The topological polar surface area (TPSA) is 64.1 Å². The van der Waals surface area contributed by atoms with Crippen LogP contribution in [0.2, 0.25) is 0 Å². The largest absolute Gasteiger partial charge is 0.375 e. The molecule has 0 unspecified atom stereocenters. The van der Waals surface area contributed by atoms with E-state index >= 15 is 0 Å². The van der Waals surface area contributed by atoms with E-state index in [1.165, 1.54) is 6.20 Å². The molecule has 0 aliphatic carbocycles. The van der Waals surface area contributed by atoms with E-state index in [0.29, 0.717) is 25.5 Å². The Hall–Kier alpha value is -1.75. The molecule has 5 heteroatoms. The number of nitrogens with one attached hydrogen (secondary N) is 1. The van der Waals surface area contributed by atoms with Crippen LogP contribution in [0.1, 0.15) is 23.1 Å². The van der Waals surface area contributed by atoms with Gasteiger partial charge in [0.2, 0.25) is 0 Å². The third-order valence-corrected chi connectivity index (χ3v) is 1.89. The van der Waals surface area contributed by atoms with Crippen molar-refractivity contribution >= 4 is 5.91 Å². The summed E-state index contributed by atoms with van der Waals surface area (Å²) >= 11 is 0. The molecule has 0 saturated heterocycles. The first-order chi connectivity index (χ1) is 8.09. The van der Waals surface area contributed by atoms with Crippen molar-refractivity contribution in [2.75, 3.05) is 19.8 Å². The van der Waals surface area contributed by atoms with Crippen LogP contribution < -0.4 is 5.32 Å². The first-order valence-electron chi connectivity index (χ1n) is 5.38. The minimum absolute atomic E-state index is 0.239. The van der Waals surface area contributed by atoms with Gasteiger partial charge in [-0.3, -0.25) is 9.78 Å². The molecular weight excluding hydrogens is 218 g/mol. The van der Waals surface area contributed by atoms with Crippen molar-refractivity contribution in [2.24, 2.45) is 0 Å². The van der Waals surface area contributed by atoms with Gasteiger partial charge in [0.15, 0.2) is 0 Å². The zero-order valence-electron chi connectivity index (χ0n) is 10.2. The highest BCUT2D eigenvalue weighted by atomic mass is 16.5. The number of ether oxygens (including phenoxy) is 1. The predicted molar refractivity (Wildman–Crippen MR) is 64.7 cm³/mol. The Morgan fingerprint density at radius 1 is 1.47 bits per heavy atom. The molecule has 0 spiro atoms. The fraction of sp³-hybridized carbons (Fsp3) is 0.417. The van der Waals surface area contributed by atoms with E-state index in [1.807, 2.05) is 13.8 Å². The van der Waals surface area contributed by atoms with Crippen molar-refractivity contribution in [1.29, 1.82) is 0 Å². The number of rotatable bonds is 6. The maximum Gasteiger partial charge on any atom is 0.271 e. The molecule has 1 amide bonds. The lowest BCUT2D eigenvalue weighted by atomic mass is 10.4. The number of amides is 1. The van der Waals surface area contributed by atoms with Crippen molar-refractivity contribution in [3.05, 3.63) is 35.9 Å². The molecule has 0 saturated carbocycles. The van der Waals surface area contributed by atoms with Crippen LogP contribution in [0.25, 0.3) is 0 Å². The number of hydrogen-bond acceptors (Lipinski definition) is 4. The van der Waals surface area contributed by atoms with Crippen molar-refractivity contribution in [2.45, 2.75) is 13.8 Å². The Morgan fingerprint density at radius 3 is 2.82 bits per heavy atom. The van der Waals surface area contributed by atoms with Gasteiger partial charge in [-0.05, 0) is 13.8 Å². The summed E-state index contributed by atoms with van der Waals surface area (Å²) in [5.74, 6) is -0.239. The Balaban J connectivity index is 2.25. The molecule has 1 N–H and O–H groups in total. The minimum atomic E-state index is -0.239. The molecule has 1 rings (SSSR count). The number of aromatic nitrogens is 2. The molecule has 0 aliphatic rings. The van der Waals surface area contributed by atoms with E-state index in [2.05, 4.69) is 21.9 Å². The van der Waals surface area contributed by atoms with Gasteiger partial charge in [-0.25, -0.2) is 4.98 Å². The van der Waals surface area contributed by atoms with Gasteiger partial charge in [-0.15, -0.1) is 0 Å². The Morgan fingerprint density at radius 2 is 2.24 bits per heavy atom. The maximum absolute atomic E-state index is 11.6. The van der Waals surface area contributed by atoms with Gasteiger partial charge in [0.1, 0.15) is 5.69 Å². The van der Waals surface area contributed by atoms with E-state index in [0.717, 1.165) is 11.3 Å². The predicted octanol–water partition coefficient (Wildman–Crippen LogP) is 1.11. The lowest BCUT2D eigenvalue weighted by molar-refractivity contribution is 0.0921. The minimum Gasteiger partial charge on any atom is -0.375 e. The summed E-state index contributed by atoms with van der Waals surface area (Å²) in [6.07, 6.45) is 3.02. The zero-order chi connectivity index (χ0) is 12.7. The number of hydrogen-bond donors (Lipinski definition) is 1. The maximum atomic E-state index is 11.6. The number of nitrogens with zero attached hydrogens (tertiary/aromatic N) is 2. The van der Waals surface area contributed by atoms with Crippen molar-refractivity contribution in [1.82, 2.24) is 15.3 Å². The average molecular weight is 235 g/mol. The van der Waals surface area contributed by atoms with Crippen LogP contribution in [-0.4, -0.2) is 35.6 Å². The van der Waals surface area contributed by atoms with Crippen LogP contribution in [0.5, 0.6) is 0 Å². The van der Waals surface area contributed by atoms with Crippen LogP contribution in [0.15, 0.2) is 24.5 Å². The molecule has 92 valence electrons. The monoisotopic (exact) mass is 235 g/mol. The fourth-order valence-corrected chi connectivity index (χ4v) is 1.08. The van der Waals surface area contributed by atoms with E-state index in [1.54, 1.807) is 6.20 Å². The number of aryl methyl sites for hydroxylation is 1. The SMILES string of the molecule is C=C(C)COCCNC(=O)c1cnc(C)cn1. The number of carbonyl (C=O) groups is 1. The van der Waals surface area contributed by atoms with Gasteiger partial charge >= 0.3 is 0 Å². The summed E-state index contributed by atoms with van der Waals surface area (Å²) in [4.78, 5) is 19.5. The molecule has 1 heterocycles. The van der Waals surface area contributed by atoms with Gasteiger partial charge in [-0.1, -0.05) is 12.2 Å². The molecule has 0 atom stereocenters. The highest BCUT2D eigenvalue weighted by Gasteiger charge is 2.05. The van der Waals surface area contributed by atoms with Gasteiger partial charge in [0.25, 0.3) is 5.91 Å². The average Bonchev–Trinajstić information content (AvgIpc) is 2.29. The van der Waals surface area contributed by atoms with Crippen LogP contribution in [0, 0.1) is 6.92 Å². The van der Waals surface area contributed by atoms with Crippen LogP contribution >= 0.6 is 0 Å². The summed E-state index contributed by atoms with van der Waals surface area (Å²) in [6.45, 7) is 8.84. The number of carbonyl (C=O) groups excluding carboxylic acids is 1. The lowest BCUT2D eigenvalue weighted by Crippen LogP contribution is -2.28. The van der Waals surface area contributed by atoms with Gasteiger partial charge < -0.3 is 10.1 Å². The third kappa shape index (κ3) is 5.21. The fourth-order valence-electron chi connectivity index (χ4n) is 1.08. The van der Waals surface area contributed by atoms with Gasteiger partial charge in [-0.2, -0.15) is 0 Å². The summed E-state index contributed by atoms with van der Waals surface area (Å²) in [5.41, 5.74) is 2.06.